The molecule has 0 unspecified atom stereocenters. The molecule has 2 aromatic rings. The second-order valence-corrected chi connectivity index (χ2v) is 8.61. The quantitative estimate of drug-likeness (QED) is 0.828. The molecule has 3 heterocycles. The van der Waals surface area contributed by atoms with Gasteiger partial charge in [-0.25, -0.2) is 4.98 Å². The van der Waals surface area contributed by atoms with Crippen molar-refractivity contribution in [1.82, 2.24) is 24.3 Å². The summed E-state index contributed by atoms with van der Waals surface area (Å²) in [6.07, 6.45) is 5.52. The van der Waals surface area contributed by atoms with Crippen LogP contribution < -0.4 is 4.74 Å². The van der Waals surface area contributed by atoms with Gasteiger partial charge in [0.1, 0.15) is 24.0 Å². The highest BCUT2D eigenvalue weighted by molar-refractivity contribution is 5.78. The number of nitrogens with zero attached hydrogens (tertiary/aromatic N) is 5. The molecule has 2 aliphatic heterocycles. The second-order valence-electron chi connectivity index (χ2n) is 8.61. The Kier molecular flexibility index (Phi) is 4.37. The molecule has 6 nitrogen and oxygen atoms in total. The van der Waals surface area contributed by atoms with Crippen molar-refractivity contribution in [2.45, 2.75) is 44.0 Å². The third kappa shape index (κ3) is 3.24. The van der Waals surface area contributed by atoms with E-state index in [1.165, 1.54) is 24.2 Å². The van der Waals surface area contributed by atoms with Crippen molar-refractivity contribution >= 4 is 11.0 Å². The lowest BCUT2D eigenvalue weighted by Crippen LogP contribution is -2.53. The predicted molar refractivity (Wildman–Crippen MR) is 107 cm³/mol. The number of benzene rings is 1. The van der Waals surface area contributed by atoms with Crippen LogP contribution in [-0.4, -0.2) is 76.9 Å². The van der Waals surface area contributed by atoms with E-state index in [0.717, 1.165) is 50.3 Å². The Hall–Kier alpha value is -1.63. The van der Waals surface area contributed by atoms with E-state index in [0.29, 0.717) is 18.3 Å². The molecule has 1 aromatic carbocycles. The van der Waals surface area contributed by atoms with Gasteiger partial charge < -0.3 is 9.30 Å². The van der Waals surface area contributed by atoms with Gasteiger partial charge in [0.2, 0.25) is 0 Å². The number of ether oxygens (including phenoxy) is 1. The molecule has 0 radical (unpaired) electrons. The fourth-order valence-electron chi connectivity index (χ4n) is 4.83. The summed E-state index contributed by atoms with van der Waals surface area (Å²) in [5.74, 6) is 2.89. The predicted octanol–water partition coefficient (Wildman–Crippen LogP) is 2.45. The standard InChI is InChI=1S/C21H31N5O/c1-23-12-13-24(2)21(23)26-10-8-16(9-11-26)27-17-6-7-18-19(14-17)25(3)20(22-18)15-4-5-15/h6-7,14-16,21H,4-5,8-13H2,1-3H3. The van der Waals surface area contributed by atoms with Crippen molar-refractivity contribution in [3.63, 3.8) is 0 Å². The topological polar surface area (TPSA) is 36.8 Å². The third-order valence-corrected chi connectivity index (χ3v) is 6.53. The first-order valence-corrected chi connectivity index (χ1v) is 10.4. The Balaban J connectivity index is 1.24. The van der Waals surface area contributed by atoms with Gasteiger partial charge in [-0.1, -0.05) is 0 Å². The van der Waals surface area contributed by atoms with E-state index >= 15 is 0 Å². The third-order valence-electron chi connectivity index (χ3n) is 6.53. The summed E-state index contributed by atoms with van der Waals surface area (Å²) in [5, 5.41) is 0. The van der Waals surface area contributed by atoms with E-state index in [2.05, 4.69) is 58.6 Å². The number of aromatic nitrogens is 2. The van der Waals surface area contributed by atoms with E-state index in [1.807, 2.05) is 0 Å². The van der Waals surface area contributed by atoms with Crippen molar-refractivity contribution in [2.75, 3.05) is 40.3 Å². The van der Waals surface area contributed by atoms with Crippen LogP contribution in [0.1, 0.15) is 37.4 Å². The molecule has 0 spiro atoms. The summed E-state index contributed by atoms with van der Waals surface area (Å²) >= 11 is 0. The maximum atomic E-state index is 6.37. The molecule has 3 aliphatic rings. The van der Waals surface area contributed by atoms with Crippen molar-refractivity contribution < 1.29 is 4.74 Å². The molecule has 0 atom stereocenters. The maximum Gasteiger partial charge on any atom is 0.121 e. The van der Waals surface area contributed by atoms with Gasteiger partial charge in [0.05, 0.1) is 11.0 Å². The van der Waals surface area contributed by atoms with Crippen LogP contribution in [-0.2, 0) is 7.05 Å². The summed E-state index contributed by atoms with van der Waals surface area (Å²) in [4.78, 5) is 12.3. The Bertz CT molecular complexity index is 811. The molecule has 1 saturated carbocycles. The van der Waals surface area contributed by atoms with Gasteiger partial charge in [-0.3, -0.25) is 14.7 Å². The molecule has 5 rings (SSSR count). The van der Waals surface area contributed by atoms with Gasteiger partial charge in [0.15, 0.2) is 0 Å². The average molecular weight is 370 g/mol. The fraction of sp³-hybridized carbons (Fsp3) is 0.667. The van der Waals surface area contributed by atoms with E-state index < -0.39 is 0 Å². The number of fused-ring (bicyclic) bond motifs is 1. The van der Waals surface area contributed by atoms with Gasteiger partial charge in [0, 0.05) is 45.2 Å². The lowest BCUT2D eigenvalue weighted by atomic mass is 10.1. The van der Waals surface area contributed by atoms with Crippen LogP contribution in [0.25, 0.3) is 11.0 Å². The molecule has 3 fully saturated rings. The first-order chi connectivity index (χ1) is 13.1. The summed E-state index contributed by atoms with van der Waals surface area (Å²) in [6.45, 7) is 4.52. The van der Waals surface area contributed by atoms with Crippen LogP contribution in [0, 0.1) is 0 Å². The second kappa shape index (κ2) is 6.76. The number of likely N-dealkylation sites (N-methyl/N-ethyl adjacent to an activating group) is 2. The number of hydrogen-bond acceptors (Lipinski definition) is 5. The van der Waals surface area contributed by atoms with E-state index in [4.69, 9.17) is 9.72 Å². The normalized spacial score (nSPS) is 24.3. The van der Waals surface area contributed by atoms with Crippen LogP contribution in [0.5, 0.6) is 5.75 Å². The molecular formula is C21H31N5O. The van der Waals surface area contributed by atoms with Gasteiger partial charge in [0.25, 0.3) is 0 Å². The highest BCUT2D eigenvalue weighted by atomic mass is 16.5. The number of hydrogen-bond donors (Lipinski definition) is 0. The van der Waals surface area contributed by atoms with Gasteiger partial charge in [-0.15, -0.1) is 0 Å². The minimum atomic E-state index is 0.312. The molecule has 0 N–H and O–H groups in total. The van der Waals surface area contributed by atoms with Gasteiger partial charge in [-0.05, 0) is 51.9 Å². The highest BCUT2D eigenvalue weighted by Gasteiger charge is 2.34. The van der Waals surface area contributed by atoms with Crippen LogP contribution in [0.4, 0.5) is 0 Å². The van der Waals surface area contributed by atoms with Crippen LogP contribution in [0.3, 0.4) is 0 Å². The average Bonchev–Trinajstić information content (AvgIpc) is 3.39. The fourth-order valence-corrected chi connectivity index (χ4v) is 4.83. The molecule has 27 heavy (non-hydrogen) atoms. The summed E-state index contributed by atoms with van der Waals surface area (Å²) in [5.41, 5.74) is 2.29. The first kappa shape index (κ1) is 17.5. The SMILES string of the molecule is CN1CCN(C)C1N1CCC(Oc2ccc3nc(C4CC4)n(C)c3c2)CC1. The van der Waals surface area contributed by atoms with Crippen molar-refractivity contribution in [3.8, 4) is 5.75 Å². The number of rotatable bonds is 4. The largest absolute Gasteiger partial charge is 0.490 e. The number of imidazole rings is 1. The molecule has 0 amide bonds. The Labute approximate surface area is 161 Å². The van der Waals surface area contributed by atoms with Crippen LogP contribution in [0.15, 0.2) is 18.2 Å². The van der Waals surface area contributed by atoms with Crippen LogP contribution in [0.2, 0.25) is 0 Å². The van der Waals surface area contributed by atoms with E-state index in [1.54, 1.807) is 0 Å². The number of likely N-dealkylation sites (tertiary alicyclic amines) is 1. The molecule has 6 heteroatoms. The Morgan fingerprint density at radius 2 is 1.63 bits per heavy atom. The van der Waals surface area contributed by atoms with Crippen molar-refractivity contribution in [2.24, 2.45) is 7.05 Å². The van der Waals surface area contributed by atoms with Crippen molar-refractivity contribution in [1.29, 1.82) is 0 Å². The molecule has 1 aliphatic carbocycles. The Morgan fingerprint density at radius 3 is 2.30 bits per heavy atom. The monoisotopic (exact) mass is 369 g/mol. The maximum absolute atomic E-state index is 6.37. The summed E-state index contributed by atoms with van der Waals surface area (Å²) < 4.78 is 8.63. The minimum absolute atomic E-state index is 0.312. The summed E-state index contributed by atoms with van der Waals surface area (Å²) in [7, 11) is 6.60. The zero-order chi connectivity index (χ0) is 18.5. The van der Waals surface area contributed by atoms with Gasteiger partial charge >= 0.3 is 0 Å². The smallest absolute Gasteiger partial charge is 0.121 e. The number of piperidine rings is 1. The first-order valence-electron chi connectivity index (χ1n) is 10.4. The van der Waals surface area contributed by atoms with Crippen LogP contribution >= 0.6 is 0 Å². The molecule has 146 valence electrons. The minimum Gasteiger partial charge on any atom is -0.490 e. The lowest BCUT2D eigenvalue weighted by Gasteiger charge is -2.40. The molecule has 2 saturated heterocycles. The molecule has 0 bridgehead atoms. The van der Waals surface area contributed by atoms with E-state index in [9.17, 15) is 0 Å². The van der Waals surface area contributed by atoms with Crippen molar-refractivity contribution in [3.05, 3.63) is 24.0 Å². The summed E-state index contributed by atoms with van der Waals surface area (Å²) in [6, 6.07) is 6.39. The molecule has 1 aromatic heterocycles. The number of aryl methyl sites for hydroxylation is 1. The van der Waals surface area contributed by atoms with Gasteiger partial charge in [-0.2, -0.15) is 0 Å². The zero-order valence-corrected chi connectivity index (χ0v) is 16.8. The lowest BCUT2D eigenvalue weighted by molar-refractivity contribution is -0.0235. The zero-order valence-electron chi connectivity index (χ0n) is 16.8. The highest BCUT2D eigenvalue weighted by Crippen LogP contribution is 2.40. The van der Waals surface area contributed by atoms with E-state index in [-0.39, 0.29) is 0 Å². The molecular weight excluding hydrogens is 338 g/mol. The Morgan fingerprint density at radius 1 is 0.926 bits per heavy atom.